The van der Waals surface area contributed by atoms with Gasteiger partial charge in [-0.1, -0.05) is 6.42 Å². The van der Waals surface area contributed by atoms with Gasteiger partial charge in [-0.3, -0.25) is 9.36 Å². The van der Waals surface area contributed by atoms with Gasteiger partial charge in [-0.2, -0.15) is 5.10 Å². The van der Waals surface area contributed by atoms with Crippen molar-refractivity contribution in [2.24, 2.45) is 0 Å². The summed E-state index contributed by atoms with van der Waals surface area (Å²) in [5.74, 6) is 0.371. The van der Waals surface area contributed by atoms with Gasteiger partial charge in [0.25, 0.3) is 0 Å². The molecule has 0 bridgehead atoms. The molecule has 6 nitrogen and oxygen atoms in total. The third-order valence-corrected chi connectivity index (χ3v) is 2.93. The Morgan fingerprint density at radius 1 is 1.39 bits per heavy atom. The zero-order valence-electron chi connectivity index (χ0n) is 10.9. The number of fused-ring (bicyclic) bond motifs is 1. The predicted molar refractivity (Wildman–Crippen MR) is 65.3 cm³/mol. The van der Waals surface area contributed by atoms with Gasteiger partial charge in [-0.25, -0.2) is 9.48 Å². The zero-order valence-corrected chi connectivity index (χ0v) is 10.9. The van der Waals surface area contributed by atoms with E-state index in [0.717, 1.165) is 31.5 Å². The minimum absolute atomic E-state index is 0.100. The van der Waals surface area contributed by atoms with Crippen molar-refractivity contribution in [2.75, 3.05) is 0 Å². The van der Waals surface area contributed by atoms with E-state index >= 15 is 0 Å². The van der Waals surface area contributed by atoms with Crippen LogP contribution in [0.4, 0.5) is 0 Å². The highest BCUT2D eigenvalue weighted by molar-refractivity contribution is 5.69. The summed E-state index contributed by atoms with van der Waals surface area (Å²) in [5.41, 5.74) is -0.201. The summed E-state index contributed by atoms with van der Waals surface area (Å²) >= 11 is 0. The number of hydrogen-bond acceptors (Lipinski definition) is 4. The van der Waals surface area contributed by atoms with E-state index in [4.69, 9.17) is 4.74 Å². The van der Waals surface area contributed by atoms with E-state index in [1.807, 2.05) is 0 Å². The molecule has 1 aromatic rings. The number of hydrogen-bond donors (Lipinski definition) is 0. The lowest BCUT2D eigenvalue weighted by atomic mass is 10.2. The quantitative estimate of drug-likeness (QED) is 0.745. The van der Waals surface area contributed by atoms with Gasteiger partial charge in [0.15, 0.2) is 0 Å². The zero-order chi connectivity index (χ0) is 13.1. The molecule has 0 unspecified atom stereocenters. The van der Waals surface area contributed by atoms with Crippen molar-refractivity contribution in [2.45, 2.75) is 58.7 Å². The molecule has 0 saturated heterocycles. The second kappa shape index (κ2) is 5.37. The standard InChI is InChI=1S/C12H19N3O3/c1-9(2)18-11(16)8-15-12(17)14-7-5-3-4-6-10(14)13-15/h9H,3-8H2,1-2H3. The topological polar surface area (TPSA) is 66.1 Å². The molecule has 0 amide bonds. The van der Waals surface area contributed by atoms with E-state index in [2.05, 4.69) is 5.10 Å². The first-order valence-corrected chi connectivity index (χ1v) is 6.44. The van der Waals surface area contributed by atoms with E-state index in [-0.39, 0.29) is 18.3 Å². The van der Waals surface area contributed by atoms with Crippen LogP contribution in [0.25, 0.3) is 0 Å². The van der Waals surface area contributed by atoms with Crippen LogP contribution >= 0.6 is 0 Å². The van der Waals surface area contributed by atoms with Crippen LogP contribution in [0.2, 0.25) is 0 Å². The Hall–Kier alpha value is -1.59. The minimum atomic E-state index is -0.416. The van der Waals surface area contributed by atoms with Crippen LogP contribution in [0.5, 0.6) is 0 Å². The number of ether oxygens (including phenoxy) is 1. The van der Waals surface area contributed by atoms with Crippen LogP contribution in [0.3, 0.4) is 0 Å². The van der Waals surface area contributed by atoms with Gasteiger partial charge in [-0.05, 0) is 26.7 Å². The molecule has 2 heterocycles. The second-order valence-electron chi connectivity index (χ2n) is 4.86. The largest absolute Gasteiger partial charge is 0.462 e. The molecule has 0 aromatic carbocycles. The van der Waals surface area contributed by atoms with Gasteiger partial charge in [0.1, 0.15) is 12.4 Å². The van der Waals surface area contributed by atoms with E-state index in [1.165, 1.54) is 4.68 Å². The molecule has 100 valence electrons. The SMILES string of the molecule is CC(C)OC(=O)Cn1nc2n(c1=O)CCCCC2. The van der Waals surface area contributed by atoms with Crippen LogP contribution in [-0.2, 0) is 29.0 Å². The fourth-order valence-corrected chi connectivity index (χ4v) is 2.15. The lowest BCUT2D eigenvalue weighted by Crippen LogP contribution is -2.29. The molecule has 1 aliphatic heterocycles. The summed E-state index contributed by atoms with van der Waals surface area (Å²) in [6.45, 7) is 4.16. The molecule has 0 saturated carbocycles. The summed E-state index contributed by atoms with van der Waals surface area (Å²) in [6, 6.07) is 0. The molecule has 0 spiro atoms. The fourth-order valence-electron chi connectivity index (χ4n) is 2.15. The van der Waals surface area contributed by atoms with Gasteiger partial charge in [-0.15, -0.1) is 0 Å². The first kappa shape index (κ1) is 12.9. The highest BCUT2D eigenvalue weighted by Crippen LogP contribution is 2.10. The number of carbonyl (C=O) groups is 1. The third-order valence-electron chi connectivity index (χ3n) is 2.93. The van der Waals surface area contributed by atoms with Crippen LogP contribution in [-0.4, -0.2) is 26.4 Å². The van der Waals surface area contributed by atoms with Crippen LogP contribution in [0, 0.1) is 0 Å². The van der Waals surface area contributed by atoms with Crippen LogP contribution in [0.1, 0.15) is 38.9 Å². The number of nitrogens with zero attached hydrogens (tertiary/aromatic N) is 3. The molecule has 1 aromatic heterocycles. The highest BCUT2D eigenvalue weighted by atomic mass is 16.5. The summed E-state index contributed by atoms with van der Waals surface area (Å²) < 4.78 is 7.91. The monoisotopic (exact) mass is 253 g/mol. The van der Waals surface area contributed by atoms with Crippen molar-refractivity contribution in [1.82, 2.24) is 14.3 Å². The molecule has 0 atom stereocenters. The van der Waals surface area contributed by atoms with Crippen molar-refractivity contribution < 1.29 is 9.53 Å². The normalized spacial score (nSPS) is 15.3. The van der Waals surface area contributed by atoms with Gasteiger partial charge in [0, 0.05) is 13.0 Å². The second-order valence-corrected chi connectivity index (χ2v) is 4.86. The van der Waals surface area contributed by atoms with Gasteiger partial charge in [0.2, 0.25) is 0 Å². The Balaban J connectivity index is 2.15. The number of rotatable bonds is 3. The Labute approximate surface area is 106 Å². The molecular weight excluding hydrogens is 234 g/mol. The van der Waals surface area contributed by atoms with Crippen LogP contribution in [0.15, 0.2) is 4.79 Å². The first-order valence-electron chi connectivity index (χ1n) is 6.44. The maximum Gasteiger partial charge on any atom is 0.346 e. The summed E-state index contributed by atoms with van der Waals surface area (Å²) in [4.78, 5) is 23.6. The number of aryl methyl sites for hydroxylation is 1. The maximum atomic E-state index is 12.0. The predicted octanol–water partition coefficient (Wildman–Crippen LogP) is 0.723. The smallest absolute Gasteiger partial charge is 0.346 e. The van der Waals surface area contributed by atoms with E-state index in [0.29, 0.717) is 6.54 Å². The molecule has 1 aliphatic rings. The van der Waals surface area contributed by atoms with Crippen molar-refractivity contribution in [3.63, 3.8) is 0 Å². The highest BCUT2D eigenvalue weighted by Gasteiger charge is 2.17. The molecule has 2 rings (SSSR count). The van der Waals surface area contributed by atoms with Crippen LogP contribution < -0.4 is 5.69 Å². The lowest BCUT2D eigenvalue weighted by Gasteiger charge is -2.06. The Bertz CT molecular complexity index is 487. The molecule has 6 heteroatoms. The summed E-state index contributed by atoms with van der Waals surface area (Å²) in [7, 11) is 0. The number of esters is 1. The molecule has 0 fully saturated rings. The van der Waals surface area contributed by atoms with Gasteiger partial charge in [0.05, 0.1) is 6.10 Å². The molecule has 0 radical (unpaired) electrons. The van der Waals surface area contributed by atoms with Crippen molar-refractivity contribution in [3.05, 3.63) is 16.3 Å². The van der Waals surface area contributed by atoms with E-state index < -0.39 is 5.97 Å². The summed E-state index contributed by atoms with van der Waals surface area (Å²) in [5, 5.41) is 4.22. The Morgan fingerprint density at radius 3 is 2.89 bits per heavy atom. The van der Waals surface area contributed by atoms with Crippen molar-refractivity contribution in [1.29, 1.82) is 0 Å². The number of aromatic nitrogens is 3. The van der Waals surface area contributed by atoms with E-state index in [9.17, 15) is 9.59 Å². The molecule has 0 aliphatic carbocycles. The lowest BCUT2D eigenvalue weighted by molar-refractivity contribution is -0.148. The average molecular weight is 253 g/mol. The van der Waals surface area contributed by atoms with Gasteiger partial charge < -0.3 is 4.74 Å². The molecule has 0 N–H and O–H groups in total. The Kier molecular flexibility index (Phi) is 3.84. The molecule has 18 heavy (non-hydrogen) atoms. The van der Waals surface area contributed by atoms with E-state index in [1.54, 1.807) is 18.4 Å². The number of carbonyl (C=O) groups excluding carboxylic acids is 1. The average Bonchev–Trinajstić information content (AvgIpc) is 2.50. The molecular formula is C12H19N3O3. The van der Waals surface area contributed by atoms with Gasteiger partial charge >= 0.3 is 11.7 Å². The Morgan fingerprint density at radius 2 is 2.17 bits per heavy atom. The first-order chi connectivity index (χ1) is 8.58. The minimum Gasteiger partial charge on any atom is -0.462 e. The van der Waals surface area contributed by atoms with Crippen molar-refractivity contribution in [3.8, 4) is 0 Å². The maximum absolute atomic E-state index is 12.0. The summed E-state index contributed by atoms with van der Waals surface area (Å²) in [6.07, 6.45) is 3.80. The fraction of sp³-hybridized carbons (Fsp3) is 0.750. The third kappa shape index (κ3) is 2.80. The van der Waals surface area contributed by atoms with Crippen molar-refractivity contribution >= 4 is 5.97 Å².